The van der Waals surface area contributed by atoms with Crippen LogP contribution in [0, 0.1) is 0 Å². The number of sulfonamides is 1. The van der Waals surface area contributed by atoms with Gasteiger partial charge in [0.25, 0.3) is 5.91 Å². The average Bonchev–Trinajstić information content (AvgIpc) is 3.06. The third-order valence-corrected chi connectivity index (χ3v) is 6.13. The summed E-state index contributed by atoms with van der Waals surface area (Å²) in [5.41, 5.74) is 1.04. The van der Waals surface area contributed by atoms with Crippen LogP contribution in [0.5, 0.6) is 0 Å². The zero-order valence-electron chi connectivity index (χ0n) is 13.0. The van der Waals surface area contributed by atoms with Crippen molar-refractivity contribution in [3.8, 4) is 0 Å². The minimum Gasteiger partial charge on any atom is -0.376 e. The van der Waals surface area contributed by atoms with E-state index in [0.29, 0.717) is 30.8 Å². The van der Waals surface area contributed by atoms with Crippen molar-refractivity contribution >= 4 is 21.6 Å². The second kappa shape index (κ2) is 6.88. The molecule has 7 heteroatoms. The molecule has 3 rings (SSSR count). The van der Waals surface area contributed by atoms with Crippen molar-refractivity contribution in [2.45, 2.75) is 31.8 Å². The molecule has 0 unspecified atom stereocenters. The molecule has 126 valence electrons. The Morgan fingerprint density at radius 3 is 2.91 bits per heavy atom. The summed E-state index contributed by atoms with van der Waals surface area (Å²) in [7, 11) is -3.26. The number of anilines is 1. The molecule has 2 aliphatic heterocycles. The van der Waals surface area contributed by atoms with Gasteiger partial charge in [-0.3, -0.25) is 9.10 Å². The van der Waals surface area contributed by atoms with Gasteiger partial charge in [-0.05, 0) is 43.9 Å². The van der Waals surface area contributed by atoms with Gasteiger partial charge in [0.1, 0.15) is 0 Å². The highest BCUT2D eigenvalue weighted by molar-refractivity contribution is 7.92. The fourth-order valence-corrected chi connectivity index (χ4v) is 4.63. The SMILES string of the molecule is O=C(NC[C@H]1CCCO1)c1cccc(N2CCCCS2(=O)=O)c1. The minimum absolute atomic E-state index is 0.0876. The first-order valence-corrected chi connectivity index (χ1v) is 9.67. The second-order valence-corrected chi connectivity index (χ2v) is 8.00. The van der Waals surface area contributed by atoms with Crippen molar-refractivity contribution in [1.29, 1.82) is 0 Å². The van der Waals surface area contributed by atoms with Gasteiger partial charge >= 0.3 is 0 Å². The molecule has 0 aliphatic carbocycles. The lowest BCUT2D eigenvalue weighted by Crippen LogP contribution is -2.38. The van der Waals surface area contributed by atoms with E-state index in [9.17, 15) is 13.2 Å². The summed E-state index contributed by atoms with van der Waals surface area (Å²) >= 11 is 0. The van der Waals surface area contributed by atoms with Crippen molar-refractivity contribution in [1.82, 2.24) is 5.32 Å². The Bertz CT molecular complexity index is 668. The normalized spacial score (nSPS) is 23.7. The van der Waals surface area contributed by atoms with Gasteiger partial charge in [0.15, 0.2) is 0 Å². The topological polar surface area (TPSA) is 75.7 Å². The van der Waals surface area contributed by atoms with Crippen molar-refractivity contribution in [2.75, 3.05) is 29.8 Å². The van der Waals surface area contributed by atoms with E-state index in [4.69, 9.17) is 4.74 Å². The van der Waals surface area contributed by atoms with E-state index < -0.39 is 10.0 Å². The zero-order chi connectivity index (χ0) is 16.3. The van der Waals surface area contributed by atoms with Gasteiger partial charge < -0.3 is 10.1 Å². The smallest absolute Gasteiger partial charge is 0.251 e. The third-order valence-electron chi connectivity index (χ3n) is 4.26. The number of carbonyl (C=O) groups is 1. The Labute approximate surface area is 136 Å². The molecule has 1 N–H and O–H groups in total. The Balaban J connectivity index is 1.70. The molecule has 2 heterocycles. The van der Waals surface area contributed by atoms with Gasteiger partial charge in [-0.15, -0.1) is 0 Å². The summed E-state index contributed by atoms with van der Waals surface area (Å²) in [6.45, 7) is 1.72. The third kappa shape index (κ3) is 3.84. The fraction of sp³-hybridized carbons (Fsp3) is 0.562. The molecule has 1 aromatic carbocycles. The number of nitrogens with one attached hydrogen (secondary N) is 1. The van der Waals surface area contributed by atoms with Crippen molar-refractivity contribution < 1.29 is 17.9 Å². The monoisotopic (exact) mass is 338 g/mol. The first-order chi connectivity index (χ1) is 11.1. The predicted octanol–water partition coefficient (Wildman–Crippen LogP) is 1.53. The van der Waals surface area contributed by atoms with Gasteiger partial charge in [-0.2, -0.15) is 0 Å². The number of carbonyl (C=O) groups excluding carboxylic acids is 1. The number of nitrogens with zero attached hydrogens (tertiary/aromatic N) is 1. The molecule has 0 radical (unpaired) electrons. The summed E-state index contributed by atoms with van der Waals surface area (Å²) in [4.78, 5) is 12.3. The van der Waals surface area contributed by atoms with Crippen LogP contribution in [0.15, 0.2) is 24.3 Å². The molecule has 0 spiro atoms. The highest BCUT2D eigenvalue weighted by atomic mass is 32.2. The molecule has 1 aromatic rings. The molecule has 0 bridgehead atoms. The number of hydrogen-bond donors (Lipinski definition) is 1. The number of ether oxygens (including phenoxy) is 1. The second-order valence-electron chi connectivity index (χ2n) is 5.99. The number of amides is 1. The summed E-state index contributed by atoms with van der Waals surface area (Å²) in [6, 6.07) is 6.80. The number of benzene rings is 1. The van der Waals surface area contributed by atoms with Crippen LogP contribution in [0.1, 0.15) is 36.0 Å². The van der Waals surface area contributed by atoms with Crippen LogP contribution >= 0.6 is 0 Å². The van der Waals surface area contributed by atoms with E-state index in [1.54, 1.807) is 24.3 Å². The number of rotatable bonds is 4. The first-order valence-electron chi connectivity index (χ1n) is 8.06. The molecule has 2 fully saturated rings. The molecule has 0 saturated carbocycles. The average molecular weight is 338 g/mol. The molecule has 23 heavy (non-hydrogen) atoms. The van der Waals surface area contributed by atoms with Crippen LogP contribution in [-0.4, -0.2) is 45.9 Å². The molecular formula is C16H22N2O4S. The summed E-state index contributed by atoms with van der Waals surface area (Å²) in [5, 5.41) is 2.86. The molecule has 2 aliphatic rings. The molecule has 6 nitrogen and oxygen atoms in total. The highest BCUT2D eigenvalue weighted by Gasteiger charge is 2.26. The van der Waals surface area contributed by atoms with Crippen molar-refractivity contribution in [2.24, 2.45) is 0 Å². The van der Waals surface area contributed by atoms with Gasteiger partial charge in [0, 0.05) is 25.3 Å². The van der Waals surface area contributed by atoms with Crippen LogP contribution in [0.3, 0.4) is 0 Å². The molecular weight excluding hydrogens is 316 g/mol. The van der Waals surface area contributed by atoms with Gasteiger partial charge in [-0.25, -0.2) is 8.42 Å². The summed E-state index contributed by atoms with van der Waals surface area (Å²) < 4.78 is 31.2. The molecule has 1 atom stereocenters. The standard InChI is InChI=1S/C16H22N2O4S/c19-16(17-12-15-7-4-9-22-15)13-5-3-6-14(11-13)18-8-1-2-10-23(18,20)21/h3,5-6,11,15H,1-2,4,7-10,12H2,(H,17,19)/t15-/m1/s1. The van der Waals surface area contributed by atoms with E-state index in [1.807, 2.05) is 0 Å². The maximum Gasteiger partial charge on any atom is 0.251 e. The lowest BCUT2D eigenvalue weighted by Gasteiger charge is -2.28. The molecule has 0 aromatic heterocycles. The van der Waals surface area contributed by atoms with Crippen LogP contribution in [0.2, 0.25) is 0 Å². The van der Waals surface area contributed by atoms with Crippen LogP contribution in [-0.2, 0) is 14.8 Å². The Morgan fingerprint density at radius 1 is 1.30 bits per heavy atom. The Morgan fingerprint density at radius 2 is 2.17 bits per heavy atom. The van der Waals surface area contributed by atoms with Crippen LogP contribution < -0.4 is 9.62 Å². The fourth-order valence-electron chi connectivity index (χ4n) is 3.00. The van der Waals surface area contributed by atoms with Gasteiger partial charge in [0.05, 0.1) is 17.5 Å². The Hall–Kier alpha value is -1.60. The van der Waals surface area contributed by atoms with E-state index in [-0.39, 0.29) is 17.8 Å². The van der Waals surface area contributed by atoms with Crippen LogP contribution in [0.25, 0.3) is 0 Å². The first kappa shape index (κ1) is 16.3. The van der Waals surface area contributed by atoms with E-state index in [0.717, 1.165) is 25.9 Å². The Kier molecular flexibility index (Phi) is 4.87. The van der Waals surface area contributed by atoms with Crippen LogP contribution in [0.4, 0.5) is 5.69 Å². The van der Waals surface area contributed by atoms with E-state index in [2.05, 4.69) is 5.32 Å². The summed E-state index contributed by atoms with van der Waals surface area (Å²) in [5.74, 6) is -0.0284. The maximum absolute atomic E-state index is 12.3. The predicted molar refractivity (Wildman–Crippen MR) is 88.1 cm³/mol. The van der Waals surface area contributed by atoms with Gasteiger partial charge in [-0.1, -0.05) is 6.07 Å². The molecule has 2 saturated heterocycles. The maximum atomic E-state index is 12.3. The zero-order valence-corrected chi connectivity index (χ0v) is 13.8. The minimum atomic E-state index is -3.26. The summed E-state index contributed by atoms with van der Waals surface area (Å²) in [6.07, 6.45) is 3.62. The quantitative estimate of drug-likeness (QED) is 0.903. The van der Waals surface area contributed by atoms with Crippen molar-refractivity contribution in [3.05, 3.63) is 29.8 Å². The highest BCUT2D eigenvalue weighted by Crippen LogP contribution is 2.24. The van der Waals surface area contributed by atoms with E-state index >= 15 is 0 Å². The number of hydrogen-bond acceptors (Lipinski definition) is 4. The lowest BCUT2D eigenvalue weighted by atomic mass is 10.1. The van der Waals surface area contributed by atoms with Gasteiger partial charge in [0.2, 0.25) is 10.0 Å². The lowest BCUT2D eigenvalue weighted by molar-refractivity contribution is 0.0858. The molecule has 1 amide bonds. The van der Waals surface area contributed by atoms with E-state index in [1.165, 1.54) is 4.31 Å². The largest absolute Gasteiger partial charge is 0.376 e. The van der Waals surface area contributed by atoms with Crippen molar-refractivity contribution in [3.63, 3.8) is 0 Å².